The summed E-state index contributed by atoms with van der Waals surface area (Å²) in [6.07, 6.45) is 0.0714. The van der Waals surface area contributed by atoms with Crippen LogP contribution < -0.4 is 10.6 Å². The van der Waals surface area contributed by atoms with Crippen LogP contribution in [0, 0.1) is 5.82 Å². The van der Waals surface area contributed by atoms with E-state index in [1.165, 1.54) is 6.07 Å². The van der Waals surface area contributed by atoms with Gasteiger partial charge in [-0.05, 0) is 19.1 Å². The standard InChI is InChI=1S/C12H16FN3O2/c1-8-7-16(5-6-18-8)10-4-2-3-9(13)11(10)12(14)15-17/h2-4,8,17H,5-7H2,1H3,(H2,14,15). The Balaban J connectivity index is 2.40. The van der Waals surface area contributed by atoms with Gasteiger partial charge in [-0.2, -0.15) is 0 Å². The number of ether oxygens (including phenoxy) is 1. The Morgan fingerprint density at radius 2 is 2.39 bits per heavy atom. The van der Waals surface area contributed by atoms with E-state index in [0.29, 0.717) is 25.4 Å². The van der Waals surface area contributed by atoms with E-state index in [1.807, 2.05) is 11.8 Å². The van der Waals surface area contributed by atoms with Gasteiger partial charge >= 0.3 is 0 Å². The average Bonchev–Trinajstić information content (AvgIpc) is 2.37. The van der Waals surface area contributed by atoms with Gasteiger partial charge < -0.3 is 20.6 Å². The zero-order valence-corrected chi connectivity index (χ0v) is 10.1. The van der Waals surface area contributed by atoms with Crippen LogP contribution in [0.3, 0.4) is 0 Å². The molecule has 18 heavy (non-hydrogen) atoms. The minimum Gasteiger partial charge on any atom is -0.409 e. The summed E-state index contributed by atoms with van der Waals surface area (Å²) in [4.78, 5) is 1.98. The van der Waals surface area contributed by atoms with Gasteiger partial charge in [-0.15, -0.1) is 0 Å². The monoisotopic (exact) mass is 253 g/mol. The quantitative estimate of drug-likeness (QED) is 0.359. The number of hydrogen-bond donors (Lipinski definition) is 2. The Morgan fingerprint density at radius 1 is 1.61 bits per heavy atom. The molecule has 98 valence electrons. The molecular formula is C12H16FN3O2. The molecule has 1 aromatic carbocycles. The molecular weight excluding hydrogens is 237 g/mol. The molecule has 1 saturated heterocycles. The third-order valence-corrected chi connectivity index (χ3v) is 2.94. The van der Waals surface area contributed by atoms with Gasteiger partial charge in [0.2, 0.25) is 0 Å². The lowest BCUT2D eigenvalue weighted by Gasteiger charge is -2.34. The van der Waals surface area contributed by atoms with Gasteiger partial charge in [-0.25, -0.2) is 4.39 Å². The van der Waals surface area contributed by atoms with E-state index >= 15 is 0 Å². The number of morpholine rings is 1. The average molecular weight is 253 g/mol. The van der Waals surface area contributed by atoms with Crippen molar-refractivity contribution in [3.8, 4) is 0 Å². The SMILES string of the molecule is CC1CN(c2cccc(F)c2C(N)=NO)CCO1. The highest BCUT2D eigenvalue weighted by atomic mass is 19.1. The molecule has 6 heteroatoms. The Kier molecular flexibility index (Phi) is 3.66. The van der Waals surface area contributed by atoms with Crippen LogP contribution in [0.4, 0.5) is 10.1 Å². The van der Waals surface area contributed by atoms with Crippen molar-refractivity contribution < 1.29 is 14.3 Å². The fourth-order valence-electron chi connectivity index (χ4n) is 2.12. The molecule has 0 aromatic heterocycles. The van der Waals surface area contributed by atoms with Gasteiger partial charge in [0.1, 0.15) is 5.82 Å². The first kappa shape index (κ1) is 12.6. The summed E-state index contributed by atoms with van der Waals surface area (Å²) in [5.74, 6) is -0.718. The smallest absolute Gasteiger partial charge is 0.175 e. The molecule has 0 aliphatic carbocycles. The predicted octanol–water partition coefficient (Wildman–Crippen LogP) is 1.15. The highest BCUT2D eigenvalue weighted by Crippen LogP contribution is 2.25. The normalized spacial score (nSPS) is 21.1. The number of benzene rings is 1. The van der Waals surface area contributed by atoms with Gasteiger partial charge in [0, 0.05) is 13.1 Å². The zero-order valence-electron chi connectivity index (χ0n) is 10.1. The summed E-state index contributed by atoms with van der Waals surface area (Å²) < 4.78 is 19.2. The van der Waals surface area contributed by atoms with E-state index in [0.717, 1.165) is 0 Å². The van der Waals surface area contributed by atoms with E-state index in [9.17, 15) is 4.39 Å². The zero-order chi connectivity index (χ0) is 13.1. The minimum absolute atomic E-state index is 0.0714. The Hall–Kier alpha value is -1.82. The second-order valence-corrected chi connectivity index (χ2v) is 4.25. The number of halogens is 1. The molecule has 0 bridgehead atoms. The number of oxime groups is 1. The molecule has 2 rings (SSSR count). The predicted molar refractivity (Wildman–Crippen MR) is 66.5 cm³/mol. The van der Waals surface area contributed by atoms with Gasteiger partial charge in [0.05, 0.1) is 24.0 Å². The molecule has 1 atom stereocenters. The lowest BCUT2D eigenvalue weighted by atomic mass is 10.1. The summed E-state index contributed by atoms with van der Waals surface area (Å²) in [6.45, 7) is 3.83. The van der Waals surface area contributed by atoms with Crippen LogP contribution in [0.25, 0.3) is 0 Å². The van der Waals surface area contributed by atoms with Gasteiger partial charge in [0.25, 0.3) is 0 Å². The number of nitrogens with zero attached hydrogens (tertiary/aromatic N) is 2. The van der Waals surface area contributed by atoms with E-state index in [-0.39, 0.29) is 17.5 Å². The minimum atomic E-state index is -0.498. The lowest BCUT2D eigenvalue weighted by molar-refractivity contribution is 0.0532. The summed E-state index contributed by atoms with van der Waals surface area (Å²) in [6, 6.07) is 4.66. The van der Waals surface area contributed by atoms with Crippen LogP contribution in [0.2, 0.25) is 0 Å². The second kappa shape index (κ2) is 5.22. The molecule has 0 spiro atoms. The lowest BCUT2D eigenvalue weighted by Crippen LogP contribution is -2.42. The van der Waals surface area contributed by atoms with Crippen molar-refractivity contribution in [2.45, 2.75) is 13.0 Å². The van der Waals surface area contributed by atoms with E-state index in [1.54, 1.807) is 12.1 Å². The molecule has 5 nitrogen and oxygen atoms in total. The number of anilines is 1. The van der Waals surface area contributed by atoms with Gasteiger partial charge in [-0.1, -0.05) is 11.2 Å². The molecule has 1 fully saturated rings. The van der Waals surface area contributed by atoms with Crippen molar-refractivity contribution in [2.75, 3.05) is 24.6 Å². The molecule has 1 aliphatic rings. The van der Waals surface area contributed by atoms with E-state index in [2.05, 4.69) is 5.16 Å². The summed E-state index contributed by atoms with van der Waals surface area (Å²) in [7, 11) is 0. The number of rotatable bonds is 2. The molecule has 0 radical (unpaired) electrons. The fourth-order valence-corrected chi connectivity index (χ4v) is 2.12. The van der Waals surface area contributed by atoms with Crippen LogP contribution in [-0.4, -0.2) is 36.8 Å². The van der Waals surface area contributed by atoms with Crippen LogP contribution in [-0.2, 0) is 4.74 Å². The molecule has 3 N–H and O–H groups in total. The maximum Gasteiger partial charge on any atom is 0.175 e. The third-order valence-electron chi connectivity index (χ3n) is 2.94. The Labute approximate surface area is 105 Å². The van der Waals surface area contributed by atoms with Crippen molar-refractivity contribution in [1.82, 2.24) is 0 Å². The maximum absolute atomic E-state index is 13.8. The van der Waals surface area contributed by atoms with Gasteiger partial charge in [-0.3, -0.25) is 0 Å². The molecule has 1 heterocycles. The molecule has 1 aliphatic heterocycles. The first-order valence-corrected chi connectivity index (χ1v) is 5.76. The number of amidine groups is 1. The topological polar surface area (TPSA) is 71.1 Å². The van der Waals surface area contributed by atoms with E-state index < -0.39 is 5.82 Å². The Morgan fingerprint density at radius 3 is 3.06 bits per heavy atom. The third kappa shape index (κ3) is 2.38. The van der Waals surface area contributed by atoms with Crippen LogP contribution in [0.5, 0.6) is 0 Å². The van der Waals surface area contributed by atoms with Crippen molar-refractivity contribution in [2.24, 2.45) is 10.9 Å². The molecule has 0 saturated carbocycles. The summed E-state index contributed by atoms with van der Waals surface area (Å²) >= 11 is 0. The van der Waals surface area contributed by atoms with Gasteiger partial charge in [0.15, 0.2) is 5.84 Å². The van der Waals surface area contributed by atoms with Crippen molar-refractivity contribution in [3.63, 3.8) is 0 Å². The van der Waals surface area contributed by atoms with Crippen LogP contribution in [0.15, 0.2) is 23.4 Å². The molecule has 1 aromatic rings. The van der Waals surface area contributed by atoms with Crippen molar-refractivity contribution in [3.05, 3.63) is 29.6 Å². The highest BCUT2D eigenvalue weighted by molar-refractivity contribution is 6.02. The number of nitrogens with two attached hydrogens (primary N) is 1. The summed E-state index contributed by atoms with van der Waals surface area (Å²) in [5.41, 5.74) is 6.30. The highest BCUT2D eigenvalue weighted by Gasteiger charge is 2.22. The molecule has 0 amide bonds. The molecule has 1 unspecified atom stereocenters. The number of hydrogen-bond acceptors (Lipinski definition) is 4. The van der Waals surface area contributed by atoms with E-state index in [4.69, 9.17) is 15.7 Å². The summed E-state index contributed by atoms with van der Waals surface area (Å²) in [5, 5.41) is 11.6. The van der Waals surface area contributed by atoms with Crippen LogP contribution >= 0.6 is 0 Å². The second-order valence-electron chi connectivity index (χ2n) is 4.25. The largest absolute Gasteiger partial charge is 0.409 e. The van der Waals surface area contributed by atoms with Crippen molar-refractivity contribution in [1.29, 1.82) is 0 Å². The maximum atomic E-state index is 13.8. The first-order chi connectivity index (χ1) is 8.63. The first-order valence-electron chi connectivity index (χ1n) is 5.76. The van der Waals surface area contributed by atoms with Crippen LogP contribution in [0.1, 0.15) is 12.5 Å². The fraction of sp³-hybridized carbons (Fsp3) is 0.417. The van der Waals surface area contributed by atoms with Crippen molar-refractivity contribution >= 4 is 11.5 Å². The Bertz CT molecular complexity index is 465.